The molecule has 0 nitrogen and oxygen atoms in total. The van der Waals surface area contributed by atoms with Crippen LogP contribution in [0.1, 0.15) is 12.5 Å². The van der Waals surface area contributed by atoms with Gasteiger partial charge in [-0.25, -0.2) is 0 Å². The van der Waals surface area contributed by atoms with E-state index in [9.17, 15) is 0 Å². The van der Waals surface area contributed by atoms with Crippen molar-refractivity contribution in [1.82, 2.24) is 0 Å². The van der Waals surface area contributed by atoms with Crippen molar-refractivity contribution in [3.05, 3.63) is 72.2 Å². The Balaban J connectivity index is 2.10. The third-order valence-electron chi connectivity index (χ3n) is 3.58. The molecule has 3 rings (SSSR count). The summed E-state index contributed by atoms with van der Waals surface area (Å²) in [6.07, 6.45) is 2.16. The zero-order chi connectivity index (χ0) is 12.5. The molecule has 2 aromatic carbocycles. The molecule has 0 aliphatic carbocycles. The van der Waals surface area contributed by atoms with Crippen molar-refractivity contribution in [2.45, 2.75) is 6.92 Å². The molecule has 0 radical (unpaired) electrons. The molecule has 0 unspecified atom stereocenters. The van der Waals surface area contributed by atoms with Crippen molar-refractivity contribution < 1.29 is 0 Å². The maximum Gasteiger partial charge on any atom is 0.193 e. The van der Waals surface area contributed by atoms with E-state index in [-0.39, 0.29) is 0 Å². The summed E-state index contributed by atoms with van der Waals surface area (Å²) in [4.78, 5) is 0. The van der Waals surface area contributed by atoms with Crippen LogP contribution < -0.4 is 5.46 Å². The van der Waals surface area contributed by atoms with Crippen molar-refractivity contribution >= 4 is 18.3 Å². The molecule has 18 heavy (non-hydrogen) atoms. The molecule has 0 fully saturated rings. The molecule has 0 saturated carbocycles. The number of benzene rings is 2. The topological polar surface area (TPSA) is 0 Å². The molecule has 0 atom stereocenters. The molecule has 1 heteroatoms. The number of rotatable bonds is 1. The van der Waals surface area contributed by atoms with Crippen LogP contribution in [0.5, 0.6) is 0 Å². The van der Waals surface area contributed by atoms with Crippen molar-refractivity contribution in [2.75, 3.05) is 0 Å². The highest BCUT2D eigenvalue weighted by Crippen LogP contribution is 2.28. The van der Waals surface area contributed by atoms with Crippen LogP contribution in [0.15, 0.2) is 66.7 Å². The third kappa shape index (κ3) is 1.72. The highest BCUT2D eigenvalue weighted by atomic mass is 14.1. The Labute approximate surface area is 109 Å². The lowest BCUT2D eigenvalue weighted by molar-refractivity contribution is 1.61. The number of hydrogen-bond acceptors (Lipinski definition) is 0. The quantitative estimate of drug-likeness (QED) is 0.659. The maximum atomic E-state index is 4.16. The van der Waals surface area contributed by atoms with Gasteiger partial charge in [0.15, 0.2) is 7.28 Å². The van der Waals surface area contributed by atoms with E-state index >= 15 is 0 Å². The van der Waals surface area contributed by atoms with Gasteiger partial charge < -0.3 is 0 Å². The molecule has 1 aliphatic heterocycles. The Morgan fingerprint density at radius 3 is 2.50 bits per heavy atom. The van der Waals surface area contributed by atoms with Gasteiger partial charge >= 0.3 is 0 Å². The largest absolute Gasteiger partial charge is 0.193 e. The van der Waals surface area contributed by atoms with Crippen LogP contribution >= 0.6 is 0 Å². The second-order valence-corrected chi connectivity index (χ2v) is 4.72. The minimum atomic E-state index is 0.982. The van der Waals surface area contributed by atoms with Crippen LogP contribution in [0, 0.1) is 0 Å². The molecule has 0 N–H and O–H groups in total. The van der Waals surface area contributed by atoms with Gasteiger partial charge in [-0.2, -0.15) is 0 Å². The first-order valence-electron chi connectivity index (χ1n) is 6.33. The Morgan fingerprint density at radius 2 is 1.78 bits per heavy atom. The lowest BCUT2D eigenvalue weighted by Crippen LogP contribution is -2.11. The van der Waals surface area contributed by atoms with Gasteiger partial charge in [-0.3, -0.25) is 0 Å². The molecule has 86 valence electrons. The van der Waals surface area contributed by atoms with Crippen LogP contribution in [-0.2, 0) is 0 Å². The second-order valence-electron chi connectivity index (χ2n) is 4.72. The molecular formula is C17H15B. The first-order chi connectivity index (χ1) is 8.79. The molecule has 0 bridgehead atoms. The first-order valence-corrected chi connectivity index (χ1v) is 6.33. The Hall–Kier alpha value is -2.02. The van der Waals surface area contributed by atoms with Crippen molar-refractivity contribution in [3.8, 4) is 11.1 Å². The summed E-state index contributed by atoms with van der Waals surface area (Å²) < 4.78 is 0. The highest BCUT2D eigenvalue weighted by Gasteiger charge is 2.20. The summed E-state index contributed by atoms with van der Waals surface area (Å²) in [5.74, 6) is 0. The number of allylic oxidation sites excluding steroid dienone is 3. The van der Waals surface area contributed by atoms with Crippen LogP contribution in [0.25, 0.3) is 16.7 Å². The summed E-state index contributed by atoms with van der Waals surface area (Å²) in [5, 5.41) is 0. The molecule has 0 aromatic heterocycles. The van der Waals surface area contributed by atoms with Gasteiger partial charge in [0.2, 0.25) is 0 Å². The van der Waals surface area contributed by atoms with E-state index in [1.807, 2.05) is 0 Å². The van der Waals surface area contributed by atoms with Crippen LogP contribution in [0.2, 0.25) is 0 Å². The fourth-order valence-electron chi connectivity index (χ4n) is 2.69. The minimum absolute atomic E-state index is 0.982. The Bertz CT molecular complexity index is 636. The summed E-state index contributed by atoms with van der Waals surface area (Å²) in [6.45, 7) is 6.24. The monoisotopic (exact) mass is 230 g/mol. The lowest BCUT2D eigenvalue weighted by Gasteiger charge is -2.06. The smallest absolute Gasteiger partial charge is 0.104 e. The standard InChI is InChI=1S/C17H15B/c1-3-15-12(2)18-17-11-14(9-10-16(15)17)13-7-5-4-6-8-13/h3-11,18H,2H2,1H3/b15-3+. The van der Waals surface area contributed by atoms with E-state index in [4.69, 9.17) is 0 Å². The fourth-order valence-corrected chi connectivity index (χ4v) is 2.69. The van der Waals surface area contributed by atoms with Crippen molar-refractivity contribution in [2.24, 2.45) is 0 Å². The van der Waals surface area contributed by atoms with Gasteiger partial charge in [-0.15, -0.1) is 6.58 Å². The molecular weight excluding hydrogens is 215 g/mol. The first kappa shape index (κ1) is 11.1. The normalized spacial score (nSPS) is 15.6. The molecule has 0 spiro atoms. The second kappa shape index (κ2) is 4.34. The number of fused-ring (bicyclic) bond motifs is 1. The van der Waals surface area contributed by atoms with Crippen LogP contribution in [-0.4, -0.2) is 7.28 Å². The van der Waals surface area contributed by atoms with Gasteiger partial charge in [0.25, 0.3) is 0 Å². The van der Waals surface area contributed by atoms with Gasteiger partial charge in [0, 0.05) is 0 Å². The van der Waals surface area contributed by atoms with Crippen molar-refractivity contribution in [3.63, 3.8) is 0 Å². The molecule has 1 aliphatic rings. The van der Waals surface area contributed by atoms with E-state index in [0.717, 1.165) is 7.28 Å². The Morgan fingerprint density at radius 1 is 1.00 bits per heavy atom. The molecule has 2 aromatic rings. The summed E-state index contributed by atoms with van der Waals surface area (Å²) in [7, 11) is 0.982. The lowest BCUT2D eigenvalue weighted by atomic mass is 9.68. The molecule has 1 heterocycles. The zero-order valence-electron chi connectivity index (χ0n) is 10.6. The summed E-state index contributed by atoms with van der Waals surface area (Å²) in [6, 6.07) is 17.3. The van der Waals surface area contributed by atoms with Gasteiger partial charge in [-0.1, -0.05) is 65.5 Å². The predicted octanol–water partition coefficient (Wildman–Crippen LogP) is 3.35. The number of hydrogen-bond donors (Lipinski definition) is 0. The highest BCUT2D eigenvalue weighted by molar-refractivity contribution is 6.69. The van der Waals surface area contributed by atoms with Gasteiger partial charge in [-0.05, 0) is 29.2 Å². The average Bonchev–Trinajstić information content (AvgIpc) is 2.74. The van der Waals surface area contributed by atoms with Gasteiger partial charge in [0.1, 0.15) is 0 Å². The van der Waals surface area contributed by atoms with E-state index in [1.54, 1.807) is 0 Å². The van der Waals surface area contributed by atoms with Crippen LogP contribution in [0.4, 0.5) is 0 Å². The van der Waals surface area contributed by atoms with Crippen molar-refractivity contribution in [1.29, 1.82) is 0 Å². The third-order valence-corrected chi connectivity index (χ3v) is 3.58. The fraction of sp³-hybridized carbons (Fsp3) is 0.0588. The Kier molecular flexibility index (Phi) is 2.68. The minimum Gasteiger partial charge on any atom is -0.104 e. The van der Waals surface area contributed by atoms with Crippen LogP contribution in [0.3, 0.4) is 0 Å². The van der Waals surface area contributed by atoms with Gasteiger partial charge in [0.05, 0.1) is 0 Å². The summed E-state index contributed by atoms with van der Waals surface area (Å²) >= 11 is 0. The molecule has 0 amide bonds. The maximum absolute atomic E-state index is 4.16. The molecule has 0 saturated heterocycles. The zero-order valence-corrected chi connectivity index (χ0v) is 10.6. The average molecular weight is 230 g/mol. The predicted molar refractivity (Wildman–Crippen MR) is 81.5 cm³/mol. The SMILES string of the molecule is C=C1Bc2cc(-c3ccccc3)ccc2/C1=C/C. The summed E-state index contributed by atoms with van der Waals surface area (Å²) in [5.41, 5.74) is 7.86. The van der Waals surface area contributed by atoms with E-state index in [0.29, 0.717) is 0 Å². The van der Waals surface area contributed by atoms with E-state index in [1.165, 1.54) is 33.2 Å². The van der Waals surface area contributed by atoms with E-state index in [2.05, 4.69) is 68.1 Å². The van der Waals surface area contributed by atoms with E-state index < -0.39 is 0 Å².